The molecule has 1 aliphatic carbocycles. The molecule has 0 atom stereocenters. The van der Waals surface area contributed by atoms with Gasteiger partial charge in [-0.2, -0.15) is 0 Å². The lowest BCUT2D eigenvalue weighted by molar-refractivity contribution is 0.0680. The highest BCUT2D eigenvalue weighted by Gasteiger charge is 2.34. The van der Waals surface area contributed by atoms with Crippen molar-refractivity contribution in [1.82, 2.24) is 14.9 Å². The number of imidazole rings is 1. The van der Waals surface area contributed by atoms with Crippen LogP contribution in [-0.2, 0) is 17.7 Å². The van der Waals surface area contributed by atoms with Crippen molar-refractivity contribution in [3.63, 3.8) is 0 Å². The fourth-order valence-electron chi connectivity index (χ4n) is 3.33. The van der Waals surface area contributed by atoms with E-state index in [0.717, 1.165) is 51.5 Å². The Hall–Kier alpha value is -0.870. The Bertz CT molecular complexity index is 444. The third-order valence-corrected chi connectivity index (χ3v) is 4.45. The molecule has 1 saturated carbocycles. The smallest absolute Gasteiger partial charge is 0.112 e. The Morgan fingerprint density at radius 3 is 2.78 bits per heavy atom. The fraction of sp³-hybridized carbons (Fsp3) is 0.786. The molecule has 0 unspecified atom stereocenters. The molecular weight excluding hydrogens is 226 g/mol. The largest absolute Gasteiger partial charge is 0.381 e. The molecule has 4 heteroatoms. The first-order valence-electron chi connectivity index (χ1n) is 7.32. The Morgan fingerprint density at radius 1 is 1.17 bits per heavy atom. The van der Waals surface area contributed by atoms with E-state index in [1.165, 1.54) is 30.1 Å². The Labute approximate surface area is 108 Å². The molecule has 0 aromatic carbocycles. The molecule has 2 aliphatic heterocycles. The van der Waals surface area contributed by atoms with E-state index < -0.39 is 0 Å². The molecule has 3 aliphatic rings. The van der Waals surface area contributed by atoms with Crippen LogP contribution < -0.4 is 5.32 Å². The van der Waals surface area contributed by atoms with Gasteiger partial charge in [-0.3, -0.25) is 0 Å². The average molecular weight is 247 g/mol. The lowest BCUT2D eigenvalue weighted by atomic mass is 10.1. The maximum atomic E-state index is 5.51. The van der Waals surface area contributed by atoms with Crippen LogP contribution in [0.2, 0.25) is 0 Å². The van der Waals surface area contributed by atoms with E-state index in [1.54, 1.807) is 0 Å². The molecule has 4 nitrogen and oxygen atoms in total. The number of hydrogen-bond donors (Lipinski definition) is 1. The number of ether oxygens (including phenoxy) is 1. The third kappa shape index (κ3) is 1.79. The van der Waals surface area contributed by atoms with Crippen LogP contribution in [0.5, 0.6) is 0 Å². The van der Waals surface area contributed by atoms with Crippen molar-refractivity contribution in [2.45, 2.75) is 50.6 Å². The molecule has 3 heterocycles. The van der Waals surface area contributed by atoms with Crippen LogP contribution in [0.4, 0.5) is 0 Å². The Morgan fingerprint density at radius 2 is 2.00 bits per heavy atom. The maximum absolute atomic E-state index is 5.51. The average Bonchev–Trinajstić information content (AvgIpc) is 3.20. The van der Waals surface area contributed by atoms with Crippen molar-refractivity contribution in [2.24, 2.45) is 0 Å². The van der Waals surface area contributed by atoms with Gasteiger partial charge in [-0.15, -0.1) is 0 Å². The van der Waals surface area contributed by atoms with Crippen molar-refractivity contribution in [2.75, 3.05) is 19.8 Å². The monoisotopic (exact) mass is 247 g/mol. The van der Waals surface area contributed by atoms with Crippen LogP contribution in [-0.4, -0.2) is 29.3 Å². The predicted octanol–water partition coefficient (Wildman–Crippen LogP) is 1.76. The van der Waals surface area contributed by atoms with Gasteiger partial charge in [-0.1, -0.05) is 0 Å². The first-order valence-corrected chi connectivity index (χ1v) is 7.32. The van der Waals surface area contributed by atoms with Gasteiger partial charge in [-0.25, -0.2) is 4.98 Å². The van der Waals surface area contributed by atoms with Gasteiger partial charge in [0.05, 0.1) is 5.69 Å². The van der Waals surface area contributed by atoms with Crippen molar-refractivity contribution in [3.8, 4) is 0 Å². The molecule has 98 valence electrons. The summed E-state index contributed by atoms with van der Waals surface area (Å²) in [6.45, 7) is 3.90. The molecule has 0 bridgehead atoms. The third-order valence-electron chi connectivity index (χ3n) is 4.45. The summed E-state index contributed by atoms with van der Waals surface area (Å²) in [7, 11) is 0. The second-order valence-electron chi connectivity index (χ2n) is 5.78. The second-order valence-corrected chi connectivity index (χ2v) is 5.78. The second kappa shape index (κ2) is 4.35. The van der Waals surface area contributed by atoms with Crippen LogP contribution in [0.15, 0.2) is 0 Å². The van der Waals surface area contributed by atoms with Gasteiger partial charge < -0.3 is 14.6 Å². The minimum absolute atomic E-state index is 0.642. The van der Waals surface area contributed by atoms with E-state index in [1.807, 2.05) is 0 Å². The van der Waals surface area contributed by atoms with Gasteiger partial charge in [-0.05, 0) is 25.7 Å². The molecule has 0 radical (unpaired) electrons. The molecule has 18 heavy (non-hydrogen) atoms. The number of nitrogens with one attached hydrogen (secondary N) is 1. The number of fused-ring (bicyclic) bond motifs is 1. The summed E-state index contributed by atoms with van der Waals surface area (Å²) in [5, 5.41) is 3.44. The van der Waals surface area contributed by atoms with Crippen LogP contribution in [0, 0.1) is 0 Å². The van der Waals surface area contributed by atoms with Gasteiger partial charge in [0.1, 0.15) is 5.82 Å². The maximum Gasteiger partial charge on any atom is 0.112 e. The molecular formula is C14H21N3O. The molecule has 1 aromatic heterocycles. The zero-order valence-corrected chi connectivity index (χ0v) is 10.8. The van der Waals surface area contributed by atoms with Gasteiger partial charge in [0.25, 0.3) is 0 Å². The standard InChI is InChI=1S/C14H21N3O/c1-2-10(1)14-16-12-9-15-6-3-13(12)17(14)11-4-7-18-8-5-11/h10-11,15H,1-9H2. The zero-order valence-electron chi connectivity index (χ0n) is 10.8. The highest BCUT2D eigenvalue weighted by molar-refractivity contribution is 5.25. The summed E-state index contributed by atoms with van der Waals surface area (Å²) < 4.78 is 8.12. The van der Waals surface area contributed by atoms with E-state index >= 15 is 0 Å². The van der Waals surface area contributed by atoms with Crippen LogP contribution >= 0.6 is 0 Å². The SMILES string of the molecule is C1Cc2c(nc(C3CC3)n2C2CCOCC2)CN1. The molecule has 1 saturated heterocycles. The summed E-state index contributed by atoms with van der Waals surface area (Å²) in [6, 6.07) is 0.642. The summed E-state index contributed by atoms with van der Waals surface area (Å²) in [6.07, 6.45) is 6.15. The fourth-order valence-corrected chi connectivity index (χ4v) is 3.33. The summed E-state index contributed by atoms with van der Waals surface area (Å²) in [5.41, 5.74) is 2.83. The van der Waals surface area contributed by atoms with E-state index in [2.05, 4.69) is 9.88 Å². The number of hydrogen-bond acceptors (Lipinski definition) is 3. The number of rotatable bonds is 2. The van der Waals surface area contributed by atoms with Crippen molar-refractivity contribution < 1.29 is 4.74 Å². The van der Waals surface area contributed by atoms with E-state index in [4.69, 9.17) is 9.72 Å². The normalized spacial score (nSPS) is 25.1. The molecule has 1 N–H and O–H groups in total. The van der Waals surface area contributed by atoms with Crippen LogP contribution in [0.25, 0.3) is 0 Å². The van der Waals surface area contributed by atoms with Gasteiger partial charge >= 0.3 is 0 Å². The first-order chi connectivity index (χ1) is 8.93. The van der Waals surface area contributed by atoms with E-state index in [-0.39, 0.29) is 0 Å². The Balaban J connectivity index is 1.75. The number of aromatic nitrogens is 2. The minimum atomic E-state index is 0.642. The van der Waals surface area contributed by atoms with E-state index in [9.17, 15) is 0 Å². The molecule has 4 rings (SSSR count). The van der Waals surface area contributed by atoms with Gasteiger partial charge in [0.2, 0.25) is 0 Å². The summed E-state index contributed by atoms with van der Waals surface area (Å²) in [5.74, 6) is 2.13. The van der Waals surface area contributed by atoms with Crippen molar-refractivity contribution >= 4 is 0 Å². The van der Waals surface area contributed by atoms with Crippen molar-refractivity contribution in [3.05, 3.63) is 17.2 Å². The lowest BCUT2D eigenvalue weighted by Gasteiger charge is -2.28. The van der Waals surface area contributed by atoms with Crippen LogP contribution in [0.1, 0.15) is 54.9 Å². The zero-order chi connectivity index (χ0) is 11.9. The summed E-state index contributed by atoms with van der Waals surface area (Å²) >= 11 is 0. The molecule has 0 spiro atoms. The number of nitrogens with zero attached hydrogens (tertiary/aromatic N) is 2. The quantitative estimate of drug-likeness (QED) is 0.865. The van der Waals surface area contributed by atoms with Crippen LogP contribution in [0.3, 0.4) is 0 Å². The van der Waals surface area contributed by atoms with Gasteiger partial charge in [0, 0.05) is 50.4 Å². The molecule has 1 aromatic rings. The van der Waals surface area contributed by atoms with Gasteiger partial charge in [0.15, 0.2) is 0 Å². The first kappa shape index (κ1) is 11.0. The molecule has 2 fully saturated rings. The highest BCUT2D eigenvalue weighted by atomic mass is 16.5. The predicted molar refractivity (Wildman–Crippen MR) is 68.7 cm³/mol. The van der Waals surface area contributed by atoms with Crippen molar-refractivity contribution in [1.29, 1.82) is 0 Å². The topological polar surface area (TPSA) is 39.1 Å². The lowest BCUT2D eigenvalue weighted by Crippen LogP contribution is -2.28. The molecule has 0 amide bonds. The summed E-state index contributed by atoms with van der Waals surface area (Å²) in [4.78, 5) is 4.95. The highest BCUT2D eigenvalue weighted by Crippen LogP contribution is 2.42. The minimum Gasteiger partial charge on any atom is -0.381 e. The Kier molecular flexibility index (Phi) is 2.66. The van der Waals surface area contributed by atoms with E-state index in [0.29, 0.717) is 6.04 Å².